The zero-order chi connectivity index (χ0) is 12.3. The molecule has 0 spiro atoms. The summed E-state index contributed by atoms with van der Waals surface area (Å²) in [4.78, 5) is 13.2. The minimum absolute atomic E-state index is 0.191. The minimum Gasteiger partial charge on any atom is -0.494 e. The largest absolute Gasteiger partial charge is 0.494 e. The number of morpholine rings is 1. The Morgan fingerprint density at radius 3 is 2.71 bits per heavy atom. The molecule has 1 aliphatic rings. The van der Waals surface area contributed by atoms with Gasteiger partial charge in [0.05, 0.1) is 26.0 Å². The molecule has 1 saturated heterocycles. The summed E-state index contributed by atoms with van der Waals surface area (Å²) in [5.41, 5.74) is 1.01. The fourth-order valence-electron chi connectivity index (χ4n) is 1.96. The number of carboxylic acids is 1. The molecule has 0 radical (unpaired) electrons. The molecule has 1 fully saturated rings. The van der Waals surface area contributed by atoms with Crippen LogP contribution in [0.4, 0.5) is 5.69 Å². The van der Waals surface area contributed by atoms with Gasteiger partial charge in [-0.15, -0.1) is 0 Å². The summed E-state index contributed by atoms with van der Waals surface area (Å²) in [5.74, 6) is -0.557. The summed E-state index contributed by atoms with van der Waals surface area (Å²) in [6.45, 7) is 2.81. The second-order valence-electron chi connectivity index (χ2n) is 3.76. The average Bonchev–Trinajstić information content (AvgIpc) is 2.38. The van der Waals surface area contributed by atoms with Gasteiger partial charge < -0.3 is 19.5 Å². The highest BCUT2D eigenvalue weighted by molar-refractivity contribution is 5.93. The Bertz CT molecular complexity index is 413. The molecule has 1 N–H and O–H groups in total. The van der Waals surface area contributed by atoms with Crippen LogP contribution in [0.25, 0.3) is 0 Å². The van der Waals surface area contributed by atoms with Crippen LogP contribution in [0.15, 0.2) is 18.2 Å². The summed E-state index contributed by atoms with van der Waals surface area (Å²) in [5, 5.41) is 9.10. The Balaban J connectivity index is 2.38. The van der Waals surface area contributed by atoms with Gasteiger partial charge in [-0.1, -0.05) is 6.07 Å². The molecule has 2 rings (SSSR count). The van der Waals surface area contributed by atoms with Gasteiger partial charge in [-0.3, -0.25) is 0 Å². The van der Waals surface area contributed by atoms with E-state index in [1.807, 2.05) is 6.07 Å². The average molecular weight is 237 g/mol. The molecule has 1 aromatic carbocycles. The highest BCUT2D eigenvalue weighted by Gasteiger charge is 2.20. The van der Waals surface area contributed by atoms with Crippen LogP contribution in [-0.4, -0.2) is 44.5 Å². The number of para-hydroxylation sites is 1. The third-order valence-electron chi connectivity index (χ3n) is 2.78. The van der Waals surface area contributed by atoms with E-state index in [1.54, 1.807) is 12.1 Å². The summed E-state index contributed by atoms with van der Waals surface area (Å²) in [7, 11) is 1.49. The molecule has 5 heteroatoms. The number of carbonyl (C=O) groups is 1. The van der Waals surface area contributed by atoms with E-state index < -0.39 is 5.97 Å². The molecule has 17 heavy (non-hydrogen) atoms. The zero-order valence-electron chi connectivity index (χ0n) is 9.68. The van der Waals surface area contributed by atoms with Crippen molar-refractivity contribution in [1.82, 2.24) is 0 Å². The van der Waals surface area contributed by atoms with Crippen LogP contribution in [0, 0.1) is 0 Å². The Morgan fingerprint density at radius 2 is 2.12 bits per heavy atom. The monoisotopic (exact) mass is 237 g/mol. The maximum Gasteiger partial charge on any atom is 0.339 e. The van der Waals surface area contributed by atoms with Gasteiger partial charge in [0.2, 0.25) is 0 Å². The molecule has 92 valence electrons. The van der Waals surface area contributed by atoms with Crippen molar-refractivity contribution in [3.8, 4) is 5.75 Å². The first-order valence-corrected chi connectivity index (χ1v) is 5.47. The molecule has 0 aliphatic carbocycles. The molecule has 5 nitrogen and oxygen atoms in total. The number of ether oxygens (including phenoxy) is 2. The molecule has 0 amide bonds. The van der Waals surface area contributed by atoms with Crippen molar-refractivity contribution in [2.75, 3.05) is 38.3 Å². The van der Waals surface area contributed by atoms with Crippen LogP contribution >= 0.6 is 0 Å². The van der Waals surface area contributed by atoms with Crippen molar-refractivity contribution >= 4 is 11.7 Å². The second kappa shape index (κ2) is 5.05. The van der Waals surface area contributed by atoms with Gasteiger partial charge in [-0.2, -0.15) is 0 Å². The van der Waals surface area contributed by atoms with E-state index in [1.165, 1.54) is 7.11 Å². The van der Waals surface area contributed by atoms with Crippen molar-refractivity contribution in [2.24, 2.45) is 0 Å². The minimum atomic E-state index is -0.975. The van der Waals surface area contributed by atoms with E-state index >= 15 is 0 Å². The smallest absolute Gasteiger partial charge is 0.339 e. The lowest BCUT2D eigenvalue weighted by Gasteiger charge is -2.30. The molecular weight excluding hydrogens is 222 g/mol. The molecule has 0 saturated carbocycles. The topological polar surface area (TPSA) is 59.0 Å². The van der Waals surface area contributed by atoms with E-state index in [0.29, 0.717) is 19.0 Å². The van der Waals surface area contributed by atoms with Gasteiger partial charge in [0.15, 0.2) is 5.75 Å². The highest BCUT2D eigenvalue weighted by atomic mass is 16.5. The molecule has 0 bridgehead atoms. The molecule has 1 aromatic rings. The number of carboxylic acid groups (broad SMARTS) is 1. The normalized spacial score (nSPS) is 15.7. The SMILES string of the molecule is COc1c(C(=O)O)cccc1N1CCOCC1. The molecule has 0 aromatic heterocycles. The summed E-state index contributed by atoms with van der Waals surface area (Å²) >= 11 is 0. The lowest BCUT2D eigenvalue weighted by atomic mass is 10.1. The van der Waals surface area contributed by atoms with Crippen LogP contribution in [-0.2, 0) is 4.74 Å². The third kappa shape index (κ3) is 2.34. The molecule has 0 atom stereocenters. The first kappa shape index (κ1) is 11.7. The molecular formula is C12H15NO4. The number of hydrogen-bond donors (Lipinski definition) is 1. The number of nitrogens with zero attached hydrogens (tertiary/aromatic N) is 1. The van der Waals surface area contributed by atoms with Gasteiger partial charge in [0, 0.05) is 13.1 Å². The van der Waals surface area contributed by atoms with Gasteiger partial charge in [-0.25, -0.2) is 4.79 Å². The summed E-state index contributed by atoms with van der Waals surface area (Å²) in [6.07, 6.45) is 0. The standard InChI is InChI=1S/C12H15NO4/c1-16-11-9(12(14)15)3-2-4-10(11)13-5-7-17-8-6-13/h2-4H,5-8H2,1H3,(H,14,15). The maximum atomic E-state index is 11.1. The van der Waals surface area contributed by atoms with Gasteiger partial charge >= 0.3 is 5.97 Å². The predicted octanol–water partition coefficient (Wildman–Crippen LogP) is 1.23. The number of methoxy groups -OCH3 is 1. The Hall–Kier alpha value is -1.75. The molecule has 1 heterocycles. The van der Waals surface area contributed by atoms with E-state index in [2.05, 4.69) is 4.90 Å². The van der Waals surface area contributed by atoms with Crippen molar-refractivity contribution < 1.29 is 19.4 Å². The summed E-state index contributed by atoms with van der Waals surface area (Å²) in [6, 6.07) is 5.15. The van der Waals surface area contributed by atoms with E-state index in [9.17, 15) is 4.79 Å². The van der Waals surface area contributed by atoms with E-state index in [0.717, 1.165) is 18.8 Å². The van der Waals surface area contributed by atoms with Crippen LogP contribution in [0.1, 0.15) is 10.4 Å². The predicted molar refractivity (Wildman–Crippen MR) is 63.0 cm³/mol. The summed E-state index contributed by atoms with van der Waals surface area (Å²) < 4.78 is 10.5. The zero-order valence-corrected chi connectivity index (χ0v) is 9.68. The fraction of sp³-hybridized carbons (Fsp3) is 0.417. The number of benzene rings is 1. The third-order valence-corrected chi connectivity index (χ3v) is 2.78. The second-order valence-corrected chi connectivity index (χ2v) is 3.76. The quantitative estimate of drug-likeness (QED) is 0.856. The van der Waals surface area contributed by atoms with Gasteiger partial charge in [-0.05, 0) is 12.1 Å². The van der Waals surface area contributed by atoms with Crippen LogP contribution in [0.5, 0.6) is 5.75 Å². The van der Waals surface area contributed by atoms with Crippen LogP contribution < -0.4 is 9.64 Å². The van der Waals surface area contributed by atoms with Crippen molar-refractivity contribution in [1.29, 1.82) is 0 Å². The number of hydrogen-bond acceptors (Lipinski definition) is 4. The first-order valence-electron chi connectivity index (χ1n) is 5.47. The molecule has 1 aliphatic heterocycles. The van der Waals surface area contributed by atoms with Crippen molar-refractivity contribution in [2.45, 2.75) is 0 Å². The van der Waals surface area contributed by atoms with E-state index in [-0.39, 0.29) is 5.56 Å². The number of rotatable bonds is 3. The van der Waals surface area contributed by atoms with E-state index in [4.69, 9.17) is 14.6 Å². The van der Waals surface area contributed by atoms with Crippen molar-refractivity contribution in [3.63, 3.8) is 0 Å². The molecule has 0 unspecified atom stereocenters. The highest BCUT2D eigenvalue weighted by Crippen LogP contribution is 2.32. The lowest BCUT2D eigenvalue weighted by Crippen LogP contribution is -2.36. The Kier molecular flexibility index (Phi) is 3.49. The van der Waals surface area contributed by atoms with Crippen molar-refractivity contribution in [3.05, 3.63) is 23.8 Å². The van der Waals surface area contributed by atoms with Crippen LogP contribution in [0.3, 0.4) is 0 Å². The number of anilines is 1. The van der Waals surface area contributed by atoms with Gasteiger partial charge in [0.25, 0.3) is 0 Å². The Morgan fingerprint density at radius 1 is 1.41 bits per heavy atom. The van der Waals surface area contributed by atoms with Gasteiger partial charge in [0.1, 0.15) is 5.56 Å². The fourth-order valence-corrected chi connectivity index (χ4v) is 1.96. The lowest BCUT2D eigenvalue weighted by molar-refractivity contribution is 0.0693. The number of aromatic carboxylic acids is 1. The Labute approximate surface area is 99.6 Å². The maximum absolute atomic E-state index is 11.1. The van der Waals surface area contributed by atoms with Crippen LogP contribution in [0.2, 0.25) is 0 Å². The first-order chi connectivity index (χ1) is 8.24.